The number of hydrogen-bond acceptors (Lipinski definition) is 3. The predicted molar refractivity (Wildman–Crippen MR) is 55.1 cm³/mol. The number of aryl methyl sites for hydroxylation is 3. The lowest BCUT2D eigenvalue weighted by atomic mass is 10.0. The first kappa shape index (κ1) is 9.56. The molecule has 0 unspecified atom stereocenters. The Morgan fingerprint density at radius 2 is 1.86 bits per heavy atom. The van der Waals surface area contributed by atoms with Gasteiger partial charge in [0, 0.05) is 6.42 Å². The van der Waals surface area contributed by atoms with Crippen LogP contribution in [0.3, 0.4) is 0 Å². The molecule has 1 aromatic heterocycles. The van der Waals surface area contributed by atoms with Gasteiger partial charge in [0.15, 0.2) is 5.82 Å². The van der Waals surface area contributed by atoms with Crippen molar-refractivity contribution in [2.24, 2.45) is 0 Å². The zero-order chi connectivity index (χ0) is 9.80. The fraction of sp³-hybridized carbons (Fsp3) is 0.727. The molecular formula is C11H17N3. The monoisotopic (exact) mass is 191 g/mol. The lowest BCUT2D eigenvalue weighted by molar-refractivity contribution is 0.611. The average Bonchev–Trinajstić information content (AvgIpc) is 2.26. The number of aromatic nitrogens is 3. The van der Waals surface area contributed by atoms with Crippen LogP contribution in [-0.4, -0.2) is 15.2 Å². The molecule has 0 bridgehead atoms. The molecule has 0 spiro atoms. The van der Waals surface area contributed by atoms with Gasteiger partial charge in [-0.25, -0.2) is 4.98 Å². The molecule has 0 saturated heterocycles. The van der Waals surface area contributed by atoms with E-state index < -0.39 is 0 Å². The minimum Gasteiger partial charge on any atom is -0.234 e. The molecule has 1 aromatic rings. The molecule has 0 aliphatic heterocycles. The Morgan fingerprint density at radius 1 is 1.07 bits per heavy atom. The summed E-state index contributed by atoms with van der Waals surface area (Å²) >= 11 is 0. The van der Waals surface area contributed by atoms with E-state index in [1.54, 1.807) is 0 Å². The largest absolute Gasteiger partial charge is 0.234 e. The van der Waals surface area contributed by atoms with E-state index in [0.717, 1.165) is 30.8 Å². The fourth-order valence-corrected chi connectivity index (χ4v) is 1.84. The van der Waals surface area contributed by atoms with E-state index in [-0.39, 0.29) is 0 Å². The van der Waals surface area contributed by atoms with E-state index in [1.165, 1.54) is 31.4 Å². The Morgan fingerprint density at radius 3 is 2.64 bits per heavy atom. The van der Waals surface area contributed by atoms with E-state index in [0.29, 0.717) is 0 Å². The fourth-order valence-electron chi connectivity index (χ4n) is 1.84. The Balaban J connectivity index is 2.12. The standard InChI is InChI=1S/C11H17N3/c1-2-3-8-11-12-9-6-4-5-7-10(9)13-14-11/h2-8H2,1H3. The van der Waals surface area contributed by atoms with Crippen LogP contribution in [0.5, 0.6) is 0 Å². The molecule has 0 fully saturated rings. The van der Waals surface area contributed by atoms with E-state index >= 15 is 0 Å². The van der Waals surface area contributed by atoms with Gasteiger partial charge in [0.25, 0.3) is 0 Å². The highest BCUT2D eigenvalue weighted by Gasteiger charge is 2.13. The molecule has 1 aliphatic rings. The van der Waals surface area contributed by atoms with Crippen molar-refractivity contribution < 1.29 is 0 Å². The number of nitrogens with zero attached hydrogens (tertiary/aromatic N) is 3. The lowest BCUT2D eigenvalue weighted by Crippen LogP contribution is -2.12. The lowest BCUT2D eigenvalue weighted by Gasteiger charge is -2.12. The first-order valence-corrected chi connectivity index (χ1v) is 5.61. The van der Waals surface area contributed by atoms with E-state index in [9.17, 15) is 0 Å². The maximum atomic E-state index is 4.58. The van der Waals surface area contributed by atoms with Crippen LogP contribution in [0.1, 0.15) is 49.8 Å². The third-order valence-corrected chi connectivity index (χ3v) is 2.71. The van der Waals surface area contributed by atoms with Crippen molar-refractivity contribution in [3.05, 3.63) is 17.2 Å². The van der Waals surface area contributed by atoms with Crippen molar-refractivity contribution in [3.63, 3.8) is 0 Å². The molecule has 76 valence electrons. The summed E-state index contributed by atoms with van der Waals surface area (Å²) in [5, 5.41) is 8.43. The van der Waals surface area contributed by atoms with Gasteiger partial charge in [-0.2, -0.15) is 5.10 Å². The smallest absolute Gasteiger partial charge is 0.151 e. The Kier molecular flexibility index (Phi) is 3.07. The Bertz CT molecular complexity index is 309. The molecule has 0 N–H and O–H groups in total. The molecule has 14 heavy (non-hydrogen) atoms. The SMILES string of the molecule is CCCCc1nnc2c(n1)CCCC2. The maximum absolute atomic E-state index is 4.58. The molecular weight excluding hydrogens is 174 g/mol. The Hall–Kier alpha value is -0.990. The zero-order valence-corrected chi connectivity index (χ0v) is 8.79. The van der Waals surface area contributed by atoms with Crippen LogP contribution in [-0.2, 0) is 19.3 Å². The van der Waals surface area contributed by atoms with Crippen molar-refractivity contribution in [2.75, 3.05) is 0 Å². The number of fused-ring (bicyclic) bond motifs is 1. The highest BCUT2D eigenvalue weighted by Crippen LogP contribution is 2.16. The molecule has 0 saturated carbocycles. The molecule has 2 rings (SSSR count). The van der Waals surface area contributed by atoms with Crippen molar-refractivity contribution in [1.82, 2.24) is 15.2 Å². The quantitative estimate of drug-likeness (QED) is 0.734. The number of rotatable bonds is 3. The zero-order valence-electron chi connectivity index (χ0n) is 8.79. The topological polar surface area (TPSA) is 38.7 Å². The van der Waals surface area contributed by atoms with Gasteiger partial charge in [-0.15, -0.1) is 5.10 Å². The van der Waals surface area contributed by atoms with Crippen molar-refractivity contribution in [3.8, 4) is 0 Å². The van der Waals surface area contributed by atoms with Crippen molar-refractivity contribution in [2.45, 2.75) is 51.9 Å². The summed E-state index contributed by atoms with van der Waals surface area (Å²) in [5.74, 6) is 0.938. The normalized spacial score (nSPS) is 15.2. The van der Waals surface area contributed by atoms with Gasteiger partial charge >= 0.3 is 0 Å². The van der Waals surface area contributed by atoms with Gasteiger partial charge in [-0.1, -0.05) is 13.3 Å². The van der Waals surface area contributed by atoms with Crippen LogP contribution in [0.15, 0.2) is 0 Å². The van der Waals surface area contributed by atoms with E-state index in [2.05, 4.69) is 22.1 Å². The van der Waals surface area contributed by atoms with Crippen molar-refractivity contribution in [1.29, 1.82) is 0 Å². The molecule has 3 heteroatoms. The van der Waals surface area contributed by atoms with Crippen LogP contribution >= 0.6 is 0 Å². The van der Waals surface area contributed by atoms with Crippen molar-refractivity contribution >= 4 is 0 Å². The van der Waals surface area contributed by atoms with Gasteiger partial charge in [0.05, 0.1) is 11.4 Å². The maximum Gasteiger partial charge on any atom is 0.151 e. The summed E-state index contributed by atoms with van der Waals surface area (Å²) in [4.78, 5) is 4.58. The van der Waals surface area contributed by atoms with Crippen LogP contribution in [0.2, 0.25) is 0 Å². The first-order chi connectivity index (χ1) is 6.90. The van der Waals surface area contributed by atoms with E-state index in [4.69, 9.17) is 0 Å². The van der Waals surface area contributed by atoms with E-state index in [1.807, 2.05) is 0 Å². The number of unbranched alkanes of at least 4 members (excludes halogenated alkanes) is 1. The summed E-state index contributed by atoms with van der Waals surface area (Å²) in [6.45, 7) is 2.19. The predicted octanol–water partition coefficient (Wildman–Crippen LogP) is 2.09. The van der Waals surface area contributed by atoms with Gasteiger partial charge in [-0.3, -0.25) is 0 Å². The summed E-state index contributed by atoms with van der Waals surface area (Å²) in [7, 11) is 0. The van der Waals surface area contributed by atoms with Crippen LogP contribution in [0.25, 0.3) is 0 Å². The molecule has 0 aromatic carbocycles. The van der Waals surface area contributed by atoms with Crippen LogP contribution in [0.4, 0.5) is 0 Å². The summed E-state index contributed by atoms with van der Waals surface area (Å²) in [5.41, 5.74) is 2.34. The van der Waals surface area contributed by atoms with Crippen LogP contribution < -0.4 is 0 Å². The highest BCUT2D eigenvalue weighted by atomic mass is 15.2. The molecule has 0 amide bonds. The second kappa shape index (κ2) is 4.49. The summed E-state index contributed by atoms with van der Waals surface area (Å²) < 4.78 is 0. The summed E-state index contributed by atoms with van der Waals surface area (Å²) in [6.07, 6.45) is 8.03. The first-order valence-electron chi connectivity index (χ1n) is 5.61. The van der Waals surface area contributed by atoms with Gasteiger partial charge < -0.3 is 0 Å². The molecule has 1 aliphatic carbocycles. The minimum atomic E-state index is 0.938. The highest BCUT2D eigenvalue weighted by molar-refractivity contribution is 5.13. The molecule has 3 nitrogen and oxygen atoms in total. The Labute approximate surface area is 85.0 Å². The number of hydrogen-bond donors (Lipinski definition) is 0. The molecule has 0 atom stereocenters. The molecule has 1 heterocycles. The third-order valence-electron chi connectivity index (χ3n) is 2.71. The van der Waals surface area contributed by atoms with Gasteiger partial charge in [0.2, 0.25) is 0 Å². The second-order valence-electron chi connectivity index (χ2n) is 3.93. The average molecular weight is 191 g/mol. The summed E-state index contributed by atoms with van der Waals surface area (Å²) in [6, 6.07) is 0. The second-order valence-corrected chi connectivity index (χ2v) is 3.93. The van der Waals surface area contributed by atoms with Crippen LogP contribution in [0, 0.1) is 0 Å². The third kappa shape index (κ3) is 2.08. The van der Waals surface area contributed by atoms with Gasteiger partial charge in [0.1, 0.15) is 0 Å². The van der Waals surface area contributed by atoms with Gasteiger partial charge in [-0.05, 0) is 32.1 Å². The minimum absolute atomic E-state index is 0.938. The molecule has 0 radical (unpaired) electrons.